The summed E-state index contributed by atoms with van der Waals surface area (Å²) in [5.74, 6) is 0.0486. The summed E-state index contributed by atoms with van der Waals surface area (Å²) in [5, 5.41) is 17.2. The van der Waals surface area contributed by atoms with Gasteiger partial charge >= 0.3 is 0 Å². The largest absolute Gasteiger partial charge is 0.387 e. The van der Waals surface area contributed by atoms with Gasteiger partial charge in [-0.1, -0.05) is 30.3 Å². The first-order valence-electron chi connectivity index (χ1n) is 7.37. The second kappa shape index (κ2) is 8.68. The Morgan fingerprint density at radius 3 is 2.73 bits per heavy atom. The highest BCUT2D eigenvalue weighted by atomic mass is 32.1. The summed E-state index contributed by atoms with van der Waals surface area (Å²) in [6, 6.07) is 11.8. The highest BCUT2D eigenvalue weighted by molar-refractivity contribution is 7.07. The summed E-state index contributed by atoms with van der Waals surface area (Å²) in [7, 11) is 1.83. The molecular formula is C17H22N2O2S. The Kier molecular flexibility index (Phi) is 6.58. The Labute approximate surface area is 135 Å². The second-order valence-corrected chi connectivity index (χ2v) is 5.97. The first kappa shape index (κ1) is 16.7. The molecule has 0 bridgehead atoms. The van der Waals surface area contributed by atoms with Crippen LogP contribution in [-0.4, -0.2) is 36.1 Å². The summed E-state index contributed by atoms with van der Waals surface area (Å²) >= 11 is 1.55. The average molecular weight is 318 g/mol. The molecule has 1 heterocycles. The summed E-state index contributed by atoms with van der Waals surface area (Å²) in [6.45, 7) is 1.47. The molecule has 0 saturated heterocycles. The Bertz CT molecular complexity index is 557. The molecule has 2 N–H and O–H groups in total. The van der Waals surface area contributed by atoms with Crippen molar-refractivity contribution in [3.8, 4) is 0 Å². The average Bonchev–Trinajstić information content (AvgIpc) is 3.07. The van der Waals surface area contributed by atoms with E-state index in [4.69, 9.17) is 0 Å². The highest BCUT2D eigenvalue weighted by Gasteiger charge is 2.19. The Morgan fingerprint density at radius 1 is 1.32 bits per heavy atom. The van der Waals surface area contributed by atoms with E-state index >= 15 is 0 Å². The van der Waals surface area contributed by atoms with Gasteiger partial charge in [0.25, 0.3) is 0 Å². The molecule has 22 heavy (non-hydrogen) atoms. The smallest absolute Gasteiger partial charge is 0.224 e. The second-order valence-electron chi connectivity index (χ2n) is 5.19. The number of benzene rings is 1. The van der Waals surface area contributed by atoms with Crippen LogP contribution in [0.25, 0.3) is 0 Å². The predicted octanol–water partition coefficient (Wildman–Crippen LogP) is 2.42. The highest BCUT2D eigenvalue weighted by Crippen LogP contribution is 2.19. The van der Waals surface area contributed by atoms with E-state index in [1.54, 1.807) is 16.2 Å². The van der Waals surface area contributed by atoms with Gasteiger partial charge in [0.1, 0.15) is 0 Å². The zero-order valence-electron chi connectivity index (χ0n) is 12.7. The number of nitrogens with zero attached hydrogens (tertiary/aromatic N) is 1. The number of carbonyl (C=O) groups excluding carboxylic acids is 1. The minimum absolute atomic E-state index is 0.0486. The van der Waals surface area contributed by atoms with E-state index in [-0.39, 0.29) is 5.91 Å². The van der Waals surface area contributed by atoms with E-state index in [0.717, 1.165) is 11.1 Å². The molecule has 5 heteroatoms. The first-order chi connectivity index (χ1) is 10.7. The summed E-state index contributed by atoms with van der Waals surface area (Å²) < 4.78 is 0. The zero-order valence-corrected chi connectivity index (χ0v) is 13.6. The fraction of sp³-hybridized carbons (Fsp3) is 0.353. The molecule has 0 aliphatic heterocycles. The van der Waals surface area contributed by atoms with Gasteiger partial charge in [0.2, 0.25) is 5.91 Å². The van der Waals surface area contributed by atoms with Crippen LogP contribution in [0.1, 0.15) is 23.7 Å². The molecule has 0 radical (unpaired) electrons. The molecule has 2 rings (SSSR count). The van der Waals surface area contributed by atoms with Gasteiger partial charge in [0.15, 0.2) is 0 Å². The van der Waals surface area contributed by atoms with Crippen LogP contribution < -0.4 is 5.32 Å². The molecule has 0 saturated carbocycles. The molecule has 0 fully saturated rings. The van der Waals surface area contributed by atoms with Crippen molar-refractivity contribution in [1.29, 1.82) is 0 Å². The zero-order chi connectivity index (χ0) is 15.8. The van der Waals surface area contributed by atoms with Crippen molar-refractivity contribution in [3.05, 3.63) is 58.3 Å². The molecule has 4 nitrogen and oxygen atoms in total. The van der Waals surface area contributed by atoms with E-state index in [1.165, 1.54) is 0 Å². The molecular weight excluding hydrogens is 296 g/mol. The molecule has 1 atom stereocenters. The number of thiophene rings is 1. The maximum Gasteiger partial charge on any atom is 0.224 e. The monoisotopic (exact) mass is 318 g/mol. The number of rotatable bonds is 8. The van der Waals surface area contributed by atoms with Crippen molar-refractivity contribution in [2.75, 3.05) is 20.1 Å². The molecule has 0 aliphatic rings. The maximum atomic E-state index is 12.4. The van der Waals surface area contributed by atoms with Gasteiger partial charge in [-0.25, -0.2) is 0 Å². The molecule has 1 amide bonds. The van der Waals surface area contributed by atoms with Crippen molar-refractivity contribution >= 4 is 17.2 Å². The quantitative estimate of drug-likeness (QED) is 0.786. The van der Waals surface area contributed by atoms with Crippen LogP contribution >= 0.6 is 11.3 Å². The van der Waals surface area contributed by atoms with E-state index in [0.29, 0.717) is 26.1 Å². The minimum atomic E-state index is -0.645. The fourth-order valence-corrected chi connectivity index (χ4v) is 2.93. The molecule has 1 aromatic carbocycles. The third kappa shape index (κ3) is 4.94. The number of hydrogen-bond donors (Lipinski definition) is 2. The van der Waals surface area contributed by atoms with Crippen LogP contribution in [0.5, 0.6) is 0 Å². The van der Waals surface area contributed by atoms with Crippen molar-refractivity contribution in [2.24, 2.45) is 0 Å². The van der Waals surface area contributed by atoms with Crippen LogP contribution in [0.15, 0.2) is 47.2 Å². The summed E-state index contributed by atoms with van der Waals surface area (Å²) in [5.41, 5.74) is 1.93. The third-order valence-corrected chi connectivity index (χ3v) is 4.18. The number of aliphatic hydroxyl groups is 1. The van der Waals surface area contributed by atoms with E-state index in [9.17, 15) is 9.90 Å². The molecule has 2 aromatic rings. The molecule has 1 unspecified atom stereocenters. The topological polar surface area (TPSA) is 52.6 Å². The molecule has 0 aliphatic carbocycles. The number of carbonyl (C=O) groups is 1. The van der Waals surface area contributed by atoms with Gasteiger partial charge in [-0.2, -0.15) is 11.3 Å². The van der Waals surface area contributed by atoms with Crippen LogP contribution in [0.4, 0.5) is 0 Å². The third-order valence-electron chi connectivity index (χ3n) is 3.48. The SMILES string of the molecule is CNCCC(=O)N(Cc1ccccc1)CC(O)c1ccsc1. The van der Waals surface area contributed by atoms with E-state index in [1.807, 2.05) is 54.2 Å². The van der Waals surface area contributed by atoms with Gasteiger partial charge in [-0.05, 0) is 35.0 Å². The van der Waals surface area contributed by atoms with Crippen molar-refractivity contribution in [2.45, 2.75) is 19.1 Å². The van der Waals surface area contributed by atoms with Crippen molar-refractivity contribution in [1.82, 2.24) is 10.2 Å². The van der Waals surface area contributed by atoms with Gasteiger partial charge < -0.3 is 15.3 Å². The van der Waals surface area contributed by atoms with Crippen LogP contribution in [-0.2, 0) is 11.3 Å². The number of aliphatic hydroxyl groups excluding tert-OH is 1. The van der Waals surface area contributed by atoms with Crippen molar-refractivity contribution < 1.29 is 9.90 Å². The van der Waals surface area contributed by atoms with Gasteiger partial charge in [0.05, 0.1) is 12.6 Å². The molecule has 0 spiro atoms. The van der Waals surface area contributed by atoms with E-state index in [2.05, 4.69) is 5.32 Å². The lowest BCUT2D eigenvalue weighted by molar-refractivity contribution is -0.133. The molecule has 1 aromatic heterocycles. The summed E-state index contributed by atoms with van der Waals surface area (Å²) in [4.78, 5) is 14.1. The summed E-state index contributed by atoms with van der Waals surface area (Å²) in [6.07, 6.45) is -0.215. The van der Waals surface area contributed by atoms with Crippen LogP contribution in [0, 0.1) is 0 Å². The van der Waals surface area contributed by atoms with E-state index < -0.39 is 6.10 Å². The Morgan fingerprint density at radius 2 is 2.09 bits per heavy atom. The lowest BCUT2D eigenvalue weighted by Gasteiger charge is -2.25. The first-order valence-corrected chi connectivity index (χ1v) is 8.31. The van der Waals surface area contributed by atoms with Crippen LogP contribution in [0.2, 0.25) is 0 Å². The molecule has 118 valence electrons. The standard InChI is InChI=1S/C17H22N2O2S/c1-18-9-7-17(21)19(11-14-5-3-2-4-6-14)12-16(20)15-8-10-22-13-15/h2-6,8,10,13,16,18,20H,7,9,11-12H2,1H3. The maximum absolute atomic E-state index is 12.4. The number of amides is 1. The van der Waals surface area contributed by atoms with Gasteiger partial charge in [-0.15, -0.1) is 0 Å². The normalized spacial score (nSPS) is 12.1. The number of nitrogens with one attached hydrogen (secondary N) is 1. The number of hydrogen-bond acceptors (Lipinski definition) is 4. The van der Waals surface area contributed by atoms with Gasteiger partial charge in [0, 0.05) is 19.5 Å². The Balaban J connectivity index is 2.05. The van der Waals surface area contributed by atoms with Gasteiger partial charge in [-0.3, -0.25) is 4.79 Å². The predicted molar refractivity (Wildman–Crippen MR) is 89.7 cm³/mol. The lowest BCUT2D eigenvalue weighted by Crippen LogP contribution is -2.35. The lowest BCUT2D eigenvalue weighted by atomic mass is 10.1. The van der Waals surface area contributed by atoms with Crippen molar-refractivity contribution in [3.63, 3.8) is 0 Å². The van der Waals surface area contributed by atoms with Crippen LogP contribution in [0.3, 0.4) is 0 Å². The fourth-order valence-electron chi connectivity index (χ4n) is 2.23. The minimum Gasteiger partial charge on any atom is -0.387 e. The Hall–Kier alpha value is -1.69.